The van der Waals surface area contributed by atoms with E-state index in [4.69, 9.17) is 5.11 Å². The largest absolute Gasteiger partial charge is 0.507 e. The minimum Gasteiger partial charge on any atom is -0.507 e. The fourth-order valence-corrected chi connectivity index (χ4v) is 1.63. The van der Waals surface area contributed by atoms with Crippen molar-refractivity contribution in [1.29, 1.82) is 0 Å². The smallest absolute Gasteiger partial charge is 0.326 e. The molecule has 1 aromatic rings. The normalized spacial score (nSPS) is 11.9. The number of carboxylic acid groups (broad SMARTS) is 1. The summed E-state index contributed by atoms with van der Waals surface area (Å²) in [5.41, 5.74) is -0.537. The molecule has 104 valence electrons. The van der Waals surface area contributed by atoms with Gasteiger partial charge in [0, 0.05) is 0 Å². The number of halogens is 1. The Hall–Kier alpha value is -2.11. The maximum Gasteiger partial charge on any atom is 0.326 e. The van der Waals surface area contributed by atoms with Crippen molar-refractivity contribution in [1.82, 2.24) is 5.32 Å². The number of carbonyl (C=O) groups is 2. The third-order valence-corrected chi connectivity index (χ3v) is 2.67. The molecule has 0 saturated carbocycles. The van der Waals surface area contributed by atoms with Gasteiger partial charge >= 0.3 is 5.97 Å². The predicted octanol–water partition coefficient (Wildman–Crippen LogP) is 1.90. The van der Waals surface area contributed by atoms with Gasteiger partial charge in [0.15, 0.2) is 0 Å². The number of hydrogen-bond acceptors (Lipinski definition) is 3. The van der Waals surface area contributed by atoms with E-state index >= 15 is 0 Å². The van der Waals surface area contributed by atoms with Crippen molar-refractivity contribution in [3.63, 3.8) is 0 Å². The maximum atomic E-state index is 13.4. The Labute approximate surface area is 110 Å². The minimum atomic E-state index is -1.18. The zero-order valence-electron chi connectivity index (χ0n) is 10.5. The highest BCUT2D eigenvalue weighted by molar-refractivity contribution is 5.99. The van der Waals surface area contributed by atoms with Crippen LogP contribution in [0.25, 0.3) is 0 Å². The first kappa shape index (κ1) is 14.9. The van der Waals surface area contributed by atoms with Gasteiger partial charge in [0.25, 0.3) is 5.91 Å². The van der Waals surface area contributed by atoms with Crippen LogP contribution in [0.2, 0.25) is 0 Å². The monoisotopic (exact) mass is 269 g/mol. The molecule has 0 aromatic heterocycles. The number of amides is 1. The molecule has 1 rings (SSSR count). The summed E-state index contributed by atoms with van der Waals surface area (Å²) in [5.74, 6) is -3.52. The van der Waals surface area contributed by atoms with Gasteiger partial charge in [0.05, 0.1) is 0 Å². The van der Waals surface area contributed by atoms with Gasteiger partial charge in [0.2, 0.25) is 0 Å². The van der Waals surface area contributed by atoms with Crippen LogP contribution in [-0.4, -0.2) is 28.1 Å². The summed E-state index contributed by atoms with van der Waals surface area (Å²) >= 11 is 0. The van der Waals surface area contributed by atoms with Gasteiger partial charge in [-0.25, -0.2) is 9.18 Å². The average molecular weight is 269 g/mol. The highest BCUT2D eigenvalue weighted by Gasteiger charge is 2.23. The molecule has 0 aliphatic carbocycles. The van der Waals surface area contributed by atoms with Crippen molar-refractivity contribution in [2.45, 2.75) is 32.2 Å². The summed E-state index contributed by atoms with van der Waals surface area (Å²) in [6.07, 6.45) is 1.66. The standard InChI is InChI=1S/C13H16FNO4/c1-2-3-6-9(13(18)19)15-12(17)11-8(14)5-4-7-10(11)16/h4-5,7,9,16H,2-3,6H2,1H3,(H,15,17)(H,18,19)/t9-/m0/s1. The number of benzene rings is 1. The lowest BCUT2D eigenvalue weighted by Gasteiger charge is -2.14. The van der Waals surface area contributed by atoms with E-state index < -0.39 is 35.0 Å². The summed E-state index contributed by atoms with van der Waals surface area (Å²) in [4.78, 5) is 22.8. The van der Waals surface area contributed by atoms with Gasteiger partial charge < -0.3 is 15.5 Å². The molecule has 6 heteroatoms. The highest BCUT2D eigenvalue weighted by Crippen LogP contribution is 2.19. The number of rotatable bonds is 6. The summed E-state index contributed by atoms with van der Waals surface area (Å²) in [6, 6.07) is 2.36. The maximum absolute atomic E-state index is 13.4. The first-order chi connectivity index (χ1) is 8.97. The van der Waals surface area contributed by atoms with Gasteiger partial charge in [-0.1, -0.05) is 25.8 Å². The van der Waals surface area contributed by atoms with Crippen LogP contribution in [0, 0.1) is 5.82 Å². The summed E-state index contributed by atoms with van der Waals surface area (Å²) in [5, 5.41) is 20.6. The Bertz CT molecular complexity index is 455. The van der Waals surface area contributed by atoms with E-state index in [0.29, 0.717) is 6.42 Å². The Morgan fingerprint density at radius 2 is 2.11 bits per heavy atom. The van der Waals surface area contributed by atoms with Crippen LogP contribution in [0.1, 0.15) is 36.5 Å². The second-order valence-corrected chi connectivity index (χ2v) is 4.14. The number of phenols is 1. The topological polar surface area (TPSA) is 86.6 Å². The summed E-state index contributed by atoms with van der Waals surface area (Å²) in [7, 11) is 0. The molecule has 1 atom stereocenters. The van der Waals surface area contributed by atoms with E-state index in [1.54, 1.807) is 0 Å². The van der Waals surface area contributed by atoms with E-state index in [0.717, 1.165) is 12.5 Å². The molecular weight excluding hydrogens is 253 g/mol. The van der Waals surface area contributed by atoms with Gasteiger partial charge in [-0.3, -0.25) is 4.79 Å². The van der Waals surface area contributed by atoms with Crippen LogP contribution in [-0.2, 0) is 4.79 Å². The lowest BCUT2D eigenvalue weighted by molar-refractivity contribution is -0.139. The van der Waals surface area contributed by atoms with Gasteiger partial charge in [-0.15, -0.1) is 0 Å². The van der Waals surface area contributed by atoms with Gasteiger partial charge in [-0.05, 0) is 18.6 Å². The van der Waals surface area contributed by atoms with Crippen molar-refractivity contribution in [2.75, 3.05) is 0 Å². The van der Waals surface area contributed by atoms with Crippen molar-refractivity contribution < 1.29 is 24.2 Å². The van der Waals surface area contributed by atoms with E-state index in [-0.39, 0.29) is 6.42 Å². The molecule has 1 amide bonds. The lowest BCUT2D eigenvalue weighted by atomic mass is 10.1. The van der Waals surface area contributed by atoms with E-state index in [2.05, 4.69) is 5.32 Å². The first-order valence-corrected chi connectivity index (χ1v) is 5.98. The van der Waals surface area contributed by atoms with Gasteiger partial charge in [-0.2, -0.15) is 0 Å². The molecule has 3 N–H and O–H groups in total. The average Bonchev–Trinajstić information content (AvgIpc) is 2.33. The third kappa shape index (κ3) is 3.94. The molecule has 1 aromatic carbocycles. The molecule has 0 heterocycles. The molecular formula is C13H16FNO4. The lowest BCUT2D eigenvalue weighted by Crippen LogP contribution is -2.41. The first-order valence-electron chi connectivity index (χ1n) is 5.98. The van der Waals surface area contributed by atoms with Crippen LogP contribution < -0.4 is 5.32 Å². The van der Waals surface area contributed by atoms with E-state index in [9.17, 15) is 19.1 Å². The Balaban J connectivity index is 2.85. The van der Waals surface area contributed by atoms with Crippen molar-refractivity contribution in [3.8, 4) is 5.75 Å². The quantitative estimate of drug-likeness (QED) is 0.736. The van der Waals surface area contributed by atoms with Crippen LogP contribution in [0.5, 0.6) is 5.75 Å². The molecule has 0 fully saturated rings. The molecule has 0 saturated heterocycles. The third-order valence-electron chi connectivity index (χ3n) is 2.67. The zero-order chi connectivity index (χ0) is 14.4. The zero-order valence-corrected chi connectivity index (χ0v) is 10.5. The van der Waals surface area contributed by atoms with Crippen LogP contribution in [0.4, 0.5) is 4.39 Å². The van der Waals surface area contributed by atoms with Crippen LogP contribution >= 0.6 is 0 Å². The molecule has 0 aliphatic heterocycles. The van der Waals surface area contributed by atoms with E-state index in [1.165, 1.54) is 12.1 Å². The molecule has 0 spiro atoms. The number of aromatic hydroxyl groups is 1. The Kier molecular flexibility index (Phi) is 5.29. The Morgan fingerprint density at radius 1 is 1.42 bits per heavy atom. The second-order valence-electron chi connectivity index (χ2n) is 4.14. The molecule has 0 unspecified atom stereocenters. The molecule has 5 nitrogen and oxygen atoms in total. The predicted molar refractivity (Wildman–Crippen MR) is 66.5 cm³/mol. The number of nitrogens with one attached hydrogen (secondary N) is 1. The van der Waals surface area contributed by atoms with Crippen molar-refractivity contribution in [2.24, 2.45) is 0 Å². The van der Waals surface area contributed by atoms with E-state index in [1.807, 2.05) is 6.92 Å². The number of aliphatic carboxylic acids is 1. The van der Waals surface area contributed by atoms with Crippen molar-refractivity contribution >= 4 is 11.9 Å². The minimum absolute atomic E-state index is 0.257. The number of unbranched alkanes of at least 4 members (excludes halogenated alkanes) is 1. The molecule has 0 radical (unpaired) electrons. The number of phenolic OH excluding ortho intramolecular Hbond substituents is 1. The summed E-state index contributed by atoms with van der Waals surface area (Å²) < 4.78 is 13.4. The summed E-state index contributed by atoms with van der Waals surface area (Å²) in [6.45, 7) is 1.89. The molecule has 19 heavy (non-hydrogen) atoms. The SMILES string of the molecule is CCCC[C@H](NC(=O)c1c(O)cccc1F)C(=O)O. The van der Waals surface area contributed by atoms with Crippen LogP contribution in [0.15, 0.2) is 18.2 Å². The van der Waals surface area contributed by atoms with Crippen molar-refractivity contribution in [3.05, 3.63) is 29.6 Å². The second kappa shape index (κ2) is 6.72. The number of hydrogen-bond donors (Lipinski definition) is 3. The Morgan fingerprint density at radius 3 is 2.63 bits per heavy atom. The molecule has 0 aliphatic rings. The fraction of sp³-hybridized carbons (Fsp3) is 0.385. The number of carbonyl (C=O) groups excluding carboxylic acids is 1. The molecule has 0 bridgehead atoms. The van der Waals surface area contributed by atoms with Crippen LogP contribution in [0.3, 0.4) is 0 Å². The number of carboxylic acids is 1. The fourth-order valence-electron chi connectivity index (χ4n) is 1.63. The van der Waals surface area contributed by atoms with Gasteiger partial charge in [0.1, 0.15) is 23.2 Å². The highest BCUT2D eigenvalue weighted by atomic mass is 19.1.